The quantitative estimate of drug-likeness (QED) is 0.0195. The van der Waals surface area contributed by atoms with Gasteiger partial charge in [-0.25, -0.2) is 0 Å². The van der Waals surface area contributed by atoms with Crippen LogP contribution in [0.25, 0.3) is 0 Å². The van der Waals surface area contributed by atoms with E-state index in [1.807, 2.05) is 21.1 Å². The maximum Gasteiger partial charge on any atom is 0.306 e. The van der Waals surface area contributed by atoms with E-state index in [0.29, 0.717) is 17.4 Å². The van der Waals surface area contributed by atoms with Crippen LogP contribution >= 0.6 is 0 Å². The maximum atomic E-state index is 13.0. The van der Waals surface area contributed by atoms with E-state index in [1.54, 1.807) is 0 Å². The highest BCUT2D eigenvalue weighted by atomic mass is 16.7. The van der Waals surface area contributed by atoms with E-state index in [-0.39, 0.29) is 32.2 Å². The zero-order valence-electron chi connectivity index (χ0n) is 67.7. The highest BCUT2D eigenvalue weighted by molar-refractivity contribution is 5.70. The van der Waals surface area contributed by atoms with Gasteiger partial charge in [0, 0.05) is 12.8 Å². The Labute approximate surface area is 618 Å². The Bertz CT molecular complexity index is 1630. The fourth-order valence-electron chi connectivity index (χ4n) is 14.2. The molecule has 588 valence electrons. The van der Waals surface area contributed by atoms with Crippen molar-refractivity contribution in [3.05, 3.63) is 12.2 Å². The molecule has 0 saturated heterocycles. The van der Waals surface area contributed by atoms with E-state index < -0.39 is 24.3 Å². The zero-order valence-corrected chi connectivity index (χ0v) is 67.7. The molecule has 0 heterocycles. The summed E-state index contributed by atoms with van der Waals surface area (Å²) in [5, 5.41) is 11.9. The van der Waals surface area contributed by atoms with Crippen LogP contribution in [0, 0.1) is 0 Å². The van der Waals surface area contributed by atoms with Gasteiger partial charge in [0.15, 0.2) is 12.4 Å². The van der Waals surface area contributed by atoms with Crippen LogP contribution in [0.4, 0.5) is 0 Å². The summed E-state index contributed by atoms with van der Waals surface area (Å²) < 4.78 is 22.9. The molecular weight excluding hydrogens is 1220 g/mol. The third kappa shape index (κ3) is 83.2. The Morgan fingerprint density at radius 1 is 0.293 bits per heavy atom. The number of carboxylic acid groups (broad SMARTS) is 1. The number of carbonyl (C=O) groups is 3. The van der Waals surface area contributed by atoms with Crippen LogP contribution in [0.3, 0.4) is 0 Å². The van der Waals surface area contributed by atoms with Gasteiger partial charge in [0.05, 0.1) is 40.3 Å². The fraction of sp³-hybridized carbons (Fsp3) is 0.944. The first-order valence-corrected chi connectivity index (χ1v) is 44.8. The molecule has 0 aliphatic heterocycles. The van der Waals surface area contributed by atoms with E-state index in [1.165, 1.54) is 424 Å². The van der Waals surface area contributed by atoms with Gasteiger partial charge in [0.2, 0.25) is 0 Å². The first-order valence-electron chi connectivity index (χ1n) is 44.8. The number of carbonyl (C=O) groups excluding carboxylic acids is 3. The minimum absolute atomic E-state index is 0.153. The molecule has 99 heavy (non-hydrogen) atoms. The van der Waals surface area contributed by atoms with Crippen molar-refractivity contribution in [1.29, 1.82) is 0 Å². The normalized spacial score (nSPS) is 12.5. The summed E-state index contributed by atoms with van der Waals surface area (Å²) in [6.45, 7) is 4.85. The molecule has 0 aliphatic rings. The van der Waals surface area contributed by atoms with Gasteiger partial charge in [-0.1, -0.05) is 450 Å². The highest BCUT2D eigenvalue weighted by Crippen LogP contribution is 2.21. The lowest BCUT2D eigenvalue weighted by Crippen LogP contribution is -2.44. The van der Waals surface area contributed by atoms with Gasteiger partial charge in [0.25, 0.3) is 0 Å². The molecule has 2 atom stereocenters. The largest absolute Gasteiger partial charge is 0.545 e. The van der Waals surface area contributed by atoms with Crippen molar-refractivity contribution in [3.63, 3.8) is 0 Å². The second kappa shape index (κ2) is 81.7. The Morgan fingerprint density at radius 3 is 0.747 bits per heavy atom. The highest BCUT2D eigenvalue weighted by Gasteiger charge is 2.22. The van der Waals surface area contributed by atoms with E-state index in [4.69, 9.17) is 18.9 Å². The van der Waals surface area contributed by atoms with Crippen LogP contribution in [0.5, 0.6) is 0 Å². The molecule has 0 aromatic rings. The lowest BCUT2D eigenvalue weighted by Gasteiger charge is -2.26. The van der Waals surface area contributed by atoms with E-state index in [2.05, 4.69) is 26.0 Å². The molecule has 0 spiro atoms. The number of esters is 2. The first-order chi connectivity index (χ1) is 48.6. The molecule has 0 radical (unpaired) electrons. The molecule has 0 saturated carbocycles. The van der Waals surface area contributed by atoms with Crippen molar-refractivity contribution in [2.75, 3.05) is 47.5 Å². The average Bonchev–Trinajstić information content (AvgIpc) is 1.57. The van der Waals surface area contributed by atoms with Gasteiger partial charge in [-0.15, -0.1) is 0 Å². The number of rotatable bonds is 86. The molecule has 0 aromatic heterocycles. The first kappa shape index (κ1) is 97.0. The minimum Gasteiger partial charge on any atom is -0.545 e. The summed E-state index contributed by atoms with van der Waals surface area (Å²) >= 11 is 0. The number of nitrogens with zero attached hydrogens (tertiary/aromatic N) is 1. The number of likely N-dealkylation sites (N-methyl/N-ethyl adjacent to an activating group) is 1. The second-order valence-electron chi connectivity index (χ2n) is 32.3. The molecule has 0 rings (SSSR count). The van der Waals surface area contributed by atoms with Crippen LogP contribution in [0.2, 0.25) is 0 Å². The second-order valence-corrected chi connectivity index (χ2v) is 32.3. The average molecular weight is 1400 g/mol. The molecule has 0 aromatic carbocycles. The smallest absolute Gasteiger partial charge is 0.306 e. The van der Waals surface area contributed by atoms with Crippen molar-refractivity contribution in [2.24, 2.45) is 0 Å². The summed E-state index contributed by atoms with van der Waals surface area (Å²) in [5.41, 5.74) is 0. The van der Waals surface area contributed by atoms with Crippen molar-refractivity contribution < 1.29 is 42.9 Å². The Kier molecular flexibility index (Phi) is 80.1. The van der Waals surface area contributed by atoms with Crippen molar-refractivity contribution in [1.82, 2.24) is 0 Å². The lowest BCUT2D eigenvalue weighted by molar-refractivity contribution is -0.870. The number of hydrogen-bond donors (Lipinski definition) is 0. The van der Waals surface area contributed by atoms with Crippen molar-refractivity contribution in [2.45, 2.75) is 501 Å². The Balaban J connectivity index is 3.87. The molecule has 0 aliphatic carbocycles. The van der Waals surface area contributed by atoms with Crippen LogP contribution < -0.4 is 5.11 Å². The number of aliphatic carboxylic acids is 1. The van der Waals surface area contributed by atoms with Crippen LogP contribution in [0.1, 0.15) is 489 Å². The lowest BCUT2D eigenvalue weighted by atomic mass is 10.0. The number of ether oxygens (including phenoxy) is 4. The predicted molar refractivity (Wildman–Crippen MR) is 427 cm³/mol. The Hall–Kier alpha value is -1.97. The van der Waals surface area contributed by atoms with Gasteiger partial charge >= 0.3 is 11.9 Å². The number of carboxylic acids is 1. The zero-order chi connectivity index (χ0) is 71.8. The van der Waals surface area contributed by atoms with Crippen LogP contribution in [-0.2, 0) is 33.3 Å². The minimum atomic E-state index is -1.62. The molecule has 9 nitrogen and oxygen atoms in total. The standard InChI is InChI=1S/C90H175NO8/c1-6-8-10-12-14-16-18-20-22-24-26-28-30-32-34-36-38-40-41-42-43-44-45-46-47-49-50-52-54-56-58-60-62-64-66-68-70-72-74-76-78-80-87(92)97-84-86(85-98-90(89(94)95)96-83-82-91(3,4)5)99-88(93)81-79-77-75-73-71-69-67-65-63-61-59-57-55-53-51-48-39-37-35-33-31-29-27-25-23-21-19-17-15-13-11-9-7-2/h25,27,86,90H,6-24,26,28-85H2,1-5H3/b27-25-. The van der Waals surface area contributed by atoms with Crippen molar-refractivity contribution in [3.8, 4) is 0 Å². The van der Waals surface area contributed by atoms with E-state index >= 15 is 0 Å². The number of allylic oxidation sites excluding steroid dienone is 2. The van der Waals surface area contributed by atoms with Gasteiger partial charge in [0.1, 0.15) is 13.2 Å². The number of hydrogen-bond acceptors (Lipinski definition) is 8. The molecule has 0 bridgehead atoms. The SMILES string of the molecule is CCCCCCCCCC/C=C\CCCCCCCCCCCCCCCCCCCCCCCC(=O)OC(COC(=O)CCCCCCCCCCCCCCCCCCCCCCCCCCCCCCCCCCCCCCCCCCC)COC(OCC[N+](C)(C)C)C(=O)[O-]. The monoisotopic (exact) mass is 1400 g/mol. The molecule has 0 amide bonds. The van der Waals surface area contributed by atoms with Crippen LogP contribution in [0.15, 0.2) is 12.2 Å². The third-order valence-corrected chi connectivity index (χ3v) is 21.0. The summed E-state index contributed by atoms with van der Waals surface area (Å²) in [5.74, 6) is -2.24. The molecule has 2 unspecified atom stereocenters. The molecule has 0 N–H and O–H groups in total. The summed E-state index contributed by atoms with van der Waals surface area (Å²) in [4.78, 5) is 37.7. The van der Waals surface area contributed by atoms with Crippen LogP contribution in [-0.4, -0.2) is 82.3 Å². The molecule has 0 fully saturated rings. The summed E-state index contributed by atoms with van der Waals surface area (Å²) in [7, 11) is 5.96. The Morgan fingerprint density at radius 2 is 0.515 bits per heavy atom. The number of quaternary nitrogens is 1. The van der Waals surface area contributed by atoms with Gasteiger partial charge in [-0.3, -0.25) is 9.59 Å². The topological polar surface area (TPSA) is 111 Å². The van der Waals surface area contributed by atoms with Crippen molar-refractivity contribution >= 4 is 17.9 Å². The molecule has 9 heteroatoms. The van der Waals surface area contributed by atoms with Gasteiger partial charge in [-0.2, -0.15) is 0 Å². The van der Waals surface area contributed by atoms with Gasteiger partial charge in [-0.05, 0) is 38.5 Å². The summed E-state index contributed by atoms with van der Waals surface area (Å²) in [6, 6.07) is 0. The van der Waals surface area contributed by atoms with E-state index in [9.17, 15) is 19.5 Å². The van der Waals surface area contributed by atoms with E-state index in [0.717, 1.165) is 38.5 Å². The maximum absolute atomic E-state index is 13.0. The summed E-state index contributed by atoms with van der Waals surface area (Å²) in [6.07, 6.45) is 101. The third-order valence-electron chi connectivity index (χ3n) is 21.0. The number of unbranched alkanes of at least 4 members (excludes halogenated alkanes) is 69. The molecular formula is C90H175NO8. The fourth-order valence-corrected chi connectivity index (χ4v) is 14.2. The van der Waals surface area contributed by atoms with Gasteiger partial charge < -0.3 is 33.3 Å². The predicted octanol–water partition coefficient (Wildman–Crippen LogP) is 27.7.